The number of amides is 1. The number of carbonyl (C=O) groups is 1. The number of carbonyl (C=O) groups excluding carboxylic acids is 1. The normalized spacial score (nSPS) is 10.5. The van der Waals surface area contributed by atoms with E-state index in [4.69, 9.17) is 10.5 Å². The molecule has 0 fully saturated rings. The van der Waals surface area contributed by atoms with Crippen LogP contribution in [0, 0.1) is 13.8 Å². The first kappa shape index (κ1) is 17.5. The summed E-state index contributed by atoms with van der Waals surface area (Å²) in [6.07, 6.45) is 0. The van der Waals surface area contributed by atoms with Gasteiger partial charge in [-0.15, -0.1) is 0 Å². The molecular formula is C20H22N4O2. The molecule has 0 aliphatic carbocycles. The van der Waals surface area contributed by atoms with Crippen LogP contribution < -0.4 is 15.8 Å². The SMILES string of the molecule is Cc1nn(-c2ccccc2)c(C)c1CNc1cccc(OCC(N)=O)c1. The van der Waals surface area contributed by atoms with Gasteiger partial charge in [-0.05, 0) is 38.1 Å². The highest BCUT2D eigenvalue weighted by Crippen LogP contribution is 2.21. The highest BCUT2D eigenvalue weighted by atomic mass is 16.5. The fraction of sp³-hybridized carbons (Fsp3) is 0.200. The lowest BCUT2D eigenvalue weighted by molar-refractivity contribution is -0.119. The molecule has 3 N–H and O–H groups in total. The summed E-state index contributed by atoms with van der Waals surface area (Å²) in [4.78, 5) is 10.8. The van der Waals surface area contributed by atoms with Crippen LogP contribution in [0.2, 0.25) is 0 Å². The van der Waals surface area contributed by atoms with E-state index in [0.29, 0.717) is 12.3 Å². The van der Waals surface area contributed by atoms with Crippen LogP contribution in [-0.4, -0.2) is 22.3 Å². The van der Waals surface area contributed by atoms with Crippen molar-refractivity contribution in [1.29, 1.82) is 0 Å². The number of ether oxygens (including phenoxy) is 1. The lowest BCUT2D eigenvalue weighted by Crippen LogP contribution is -2.20. The van der Waals surface area contributed by atoms with Gasteiger partial charge in [0.25, 0.3) is 5.91 Å². The Labute approximate surface area is 152 Å². The van der Waals surface area contributed by atoms with Crippen molar-refractivity contribution in [3.8, 4) is 11.4 Å². The van der Waals surface area contributed by atoms with Crippen LogP contribution >= 0.6 is 0 Å². The summed E-state index contributed by atoms with van der Waals surface area (Å²) in [7, 11) is 0. The third-order valence-corrected chi connectivity index (χ3v) is 4.13. The predicted molar refractivity (Wildman–Crippen MR) is 101 cm³/mol. The lowest BCUT2D eigenvalue weighted by atomic mass is 10.2. The second kappa shape index (κ2) is 7.74. The summed E-state index contributed by atoms with van der Waals surface area (Å²) in [6, 6.07) is 17.5. The van der Waals surface area contributed by atoms with E-state index in [-0.39, 0.29) is 6.61 Å². The van der Waals surface area contributed by atoms with Gasteiger partial charge in [-0.2, -0.15) is 5.10 Å². The smallest absolute Gasteiger partial charge is 0.255 e. The summed E-state index contributed by atoms with van der Waals surface area (Å²) in [5.41, 5.74) is 10.3. The van der Waals surface area contributed by atoms with E-state index < -0.39 is 5.91 Å². The maximum Gasteiger partial charge on any atom is 0.255 e. The summed E-state index contributed by atoms with van der Waals surface area (Å²) >= 11 is 0. The van der Waals surface area contributed by atoms with Crippen LogP contribution in [0.1, 0.15) is 17.0 Å². The zero-order valence-corrected chi connectivity index (χ0v) is 14.9. The van der Waals surface area contributed by atoms with Gasteiger partial charge in [0.05, 0.1) is 11.4 Å². The molecule has 0 radical (unpaired) electrons. The Bertz CT molecular complexity index is 903. The number of hydrogen-bond acceptors (Lipinski definition) is 4. The van der Waals surface area contributed by atoms with Crippen molar-refractivity contribution in [1.82, 2.24) is 9.78 Å². The van der Waals surface area contributed by atoms with Gasteiger partial charge in [0.2, 0.25) is 0 Å². The Morgan fingerprint density at radius 2 is 1.92 bits per heavy atom. The molecule has 0 unspecified atom stereocenters. The van der Waals surface area contributed by atoms with Gasteiger partial charge in [0.15, 0.2) is 6.61 Å². The number of hydrogen-bond donors (Lipinski definition) is 2. The van der Waals surface area contributed by atoms with Crippen molar-refractivity contribution in [2.24, 2.45) is 5.73 Å². The highest BCUT2D eigenvalue weighted by molar-refractivity contribution is 5.75. The van der Waals surface area contributed by atoms with Crippen LogP contribution in [0.25, 0.3) is 5.69 Å². The number of rotatable bonds is 7. The van der Waals surface area contributed by atoms with E-state index in [2.05, 4.69) is 17.3 Å². The van der Waals surface area contributed by atoms with Crippen molar-refractivity contribution in [2.75, 3.05) is 11.9 Å². The highest BCUT2D eigenvalue weighted by Gasteiger charge is 2.12. The topological polar surface area (TPSA) is 82.2 Å². The number of nitrogens with two attached hydrogens (primary N) is 1. The predicted octanol–water partition coefficient (Wildman–Crippen LogP) is 2.97. The number of para-hydroxylation sites is 1. The van der Waals surface area contributed by atoms with Crippen molar-refractivity contribution >= 4 is 11.6 Å². The molecule has 1 aromatic heterocycles. The molecule has 2 aromatic carbocycles. The number of nitrogens with zero attached hydrogens (tertiary/aromatic N) is 2. The first-order chi connectivity index (χ1) is 12.5. The third-order valence-electron chi connectivity index (χ3n) is 4.13. The van der Waals surface area contributed by atoms with Crippen molar-refractivity contribution in [3.05, 3.63) is 71.5 Å². The van der Waals surface area contributed by atoms with Gasteiger partial charge >= 0.3 is 0 Å². The molecule has 3 aromatic rings. The summed E-state index contributed by atoms with van der Waals surface area (Å²) in [6.45, 7) is 4.58. The van der Waals surface area contributed by atoms with Gasteiger partial charge in [-0.25, -0.2) is 4.68 Å². The van der Waals surface area contributed by atoms with Crippen LogP contribution in [0.3, 0.4) is 0 Å². The molecule has 134 valence electrons. The van der Waals surface area contributed by atoms with Gasteiger partial charge in [-0.3, -0.25) is 4.79 Å². The molecule has 3 rings (SSSR count). The van der Waals surface area contributed by atoms with Crippen molar-refractivity contribution in [2.45, 2.75) is 20.4 Å². The van der Waals surface area contributed by atoms with E-state index in [0.717, 1.165) is 28.3 Å². The number of aryl methyl sites for hydroxylation is 1. The molecule has 26 heavy (non-hydrogen) atoms. The minimum atomic E-state index is -0.497. The lowest BCUT2D eigenvalue weighted by Gasteiger charge is -2.10. The Hall–Kier alpha value is -3.28. The molecule has 0 atom stereocenters. The molecule has 0 saturated carbocycles. The first-order valence-electron chi connectivity index (χ1n) is 8.40. The van der Waals surface area contributed by atoms with Crippen molar-refractivity contribution < 1.29 is 9.53 Å². The van der Waals surface area contributed by atoms with Crippen LogP contribution in [0.15, 0.2) is 54.6 Å². The average molecular weight is 350 g/mol. The molecule has 0 spiro atoms. The number of anilines is 1. The second-order valence-corrected chi connectivity index (χ2v) is 6.03. The molecular weight excluding hydrogens is 328 g/mol. The van der Waals surface area contributed by atoms with E-state index in [1.165, 1.54) is 0 Å². The van der Waals surface area contributed by atoms with E-state index in [9.17, 15) is 4.79 Å². The van der Waals surface area contributed by atoms with E-state index in [1.807, 2.05) is 60.1 Å². The Morgan fingerprint density at radius 3 is 2.65 bits per heavy atom. The fourth-order valence-electron chi connectivity index (χ4n) is 2.79. The molecule has 0 saturated heterocycles. The van der Waals surface area contributed by atoms with E-state index >= 15 is 0 Å². The standard InChI is InChI=1S/C20H22N4O2/c1-14-19(15(2)24(23-14)17-8-4-3-5-9-17)12-22-16-7-6-10-18(11-16)26-13-20(21)25/h3-11,22H,12-13H2,1-2H3,(H2,21,25). The maximum atomic E-state index is 10.8. The van der Waals surface area contributed by atoms with Crippen LogP contribution in [-0.2, 0) is 11.3 Å². The van der Waals surface area contributed by atoms with Crippen molar-refractivity contribution in [3.63, 3.8) is 0 Å². The van der Waals surface area contributed by atoms with Gasteiger partial charge < -0.3 is 15.8 Å². The van der Waals surface area contributed by atoms with Gasteiger partial charge in [0.1, 0.15) is 5.75 Å². The second-order valence-electron chi connectivity index (χ2n) is 6.03. The quantitative estimate of drug-likeness (QED) is 0.686. The number of aromatic nitrogens is 2. The fourth-order valence-corrected chi connectivity index (χ4v) is 2.79. The summed E-state index contributed by atoms with van der Waals surface area (Å²) in [5.74, 6) is 0.102. The number of benzene rings is 2. The average Bonchev–Trinajstić information content (AvgIpc) is 2.93. The molecule has 0 bridgehead atoms. The number of nitrogens with one attached hydrogen (secondary N) is 1. The molecule has 6 nitrogen and oxygen atoms in total. The first-order valence-corrected chi connectivity index (χ1v) is 8.40. The summed E-state index contributed by atoms with van der Waals surface area (Å²) in [5, 5.41) is 8.05. The molecule has 1 heterocycles. The molecule has 0 aliphatic rings. The van der Waals surface area contributed by atoms with Crippen LogP contribution in [0.4, 0.5) is 5.69 Å². The molecule has 6 heteroatoms. The minimum Gasteiger partial charge on any atom is -0.484 e. The number of primary amides is 1. The van der Waals surface area contributed by atoms with Crippen LogP contribution in [0.5, 0.6) is 5.75 Å². The Balaban J connectivity index is 1.73. The zero-order chi connectivity index (χ0) is 18.5. The Kier molecular flexibility index (Phi) is 5.22. The molecule has 0 aliphatic heterocycles. The third kappa shape index (κ3) is 4.03. The van der Waals surface area contributed by atoms with Gasteiger partial charge in [-0.1, -0.05) is 24.3 Å². The van der Waals surface area contributed by atoms with Gasteiger partial charge in [0, 0.05) is 29.6 Å². The van der Waals surface area contributed by atoms with E-state index in [1.54, 1.807) is 6.07 Å². The maximum absolute atomic E-state index is 10.8. The molecule has 1 amide bonds. The monoisotopic (exact) mass is 350 g/mol. The minimum absolute atomic E-state index is 0.133. The Morgan fingerprint density at radius 1 is 1.15 bits per heavy atom. The summed E-state index contributed by atoms with van der Waals surface area (Å²) < 4.78 is 7.30. The largest absolute Gasteiger partial charge is 0.484 e. The zero-order valence-electron chi connectivity index (χ0n) is 14.9.